The molecule has 0 aliphatic carbocycles. The maximum Gasteiger partial charge on any atom is 0.318 e. The number of nitrogens with two attached hydrogens (primary N) is 3. The van der Waals surface area contributed by atoms with Crippen LogP contribution in [0.25, 0.3) is 0 Å². The Morgan fingerprint density at radius 3 is 1.54 bits per heavy atom. The minimum atomic E-state index is -0.670. The molecule has 9 rings (SSSR count). The van der Waals surface area contributed by atoms with Gasteiger partial charge in [0.2, 0.25) is 0 Å². The number of aromatic nitrogens is 10. The lowest BCUT2D eigenvalue weighted by molar-refractivity contribution is 0.101. The maximum atomic E-state index is 13.2. The van der Waals surface area contributed by atoms with Crippen molar-refractivity contribution in [3.05, 3.63) is 143 Å². The van der Waals surface area contributed by atoms with Gasteiger partial charge in [0.05, 0.1) is 12.4 Å². The molecular formula is C44H45Cl2F2N17O4. The number of rotatable bonds is 9. The zero-order valence-electron chi connectivity index (χ0n) is 36.5. The van der Waals surface area contributed by atoms with Crippen molar-refractivity contribution in [1.82, 2.24) is 55.2 Å². The summed E-state index contributed by atoms with van der Waals surface area (Å²) in [6.07, 6.45) is 9.27. The van der Waals surface area contributed by atoms with Crippen molar-refractivity contribution in [2.75, 3.05) is 58.9 Å². The van der Waals surface area contributed by atoms with Crippen LogP contribution in [0.3, 0.4) is 0 Å². The van der Waals surface area contributed by atoms with E-state index in [1.54, 1.807) is 54.6 Å². The summed E-state index contributed by atoms with van der Waals surface area (Å²) < 4.78 is 37.1. The molecule has 0 bridgehead atoms. The van der Waals surface area contributed by atoms with E-state index in [0.717, 1.165) is 38.3 Å². The van der Waals surface area contributed by atoms with Crippen LogP contribution >= 0.6 is 23.2 Å². The number of ether oxygens (including phenoxy) is 2. The lowest BCUT2D eigenvalue weighted by Crippen LogP contribution is -2.39. The highest BCUT2D eigenvalue weighted by Crippen LogP contribution is 2.23. The molecule has 0 atom stereocenters. The van der Waals surface area contributed by atoms with E-state index in [1.807, 2.05) is 12.1 Å². The number of carbonyl (C=O) groups excluding carboxylic acids is 2. The van der Waals surface area contributed by atoms with Gasteiger partial charge in [0, 0.05) is 55.3 Å². The Morgan fingerprint density at radius 2 is 1.07 bits per heavy atom. The molecule has 69 heavy (non-hydrogen) atoms. The highest BCUT2D eigenvalue weighted by atomic mass is 35.5. The Kier molecular flexibility index (Phi) is 18.8. The fraction of sp³-hybridized carbons (Fsp3) is 0.227. The lowest BCUT2D eigenvalue weighted by Gasteiger charge is -2.32. The summed E-state index contributed by atoms with van der Waals surface area (Å²) in [5, 5.41) is 9.29. The molecule has 2 aromatic carbocycles. The van der Waals surface area contributed by atoms with Gasteiger partial charge >= 0.3 is 12.0 Å². The zero-order valence-corrected chi connectivity index (χ0v) is 38.0. The summed E-state index contributed by atoms with van der Waals surface area (Å²) >= 11 is 11.1. The predicted octanol–water partition coefficient (Wildman–Crippen LogP) is 5.71. The monoisotopic (exact) mass is 983 g/mol. The van der Waals surface area contributed by atoms with Gasteiger partial charge in [-0.15, -0.1) is 0 Å². The van der Waals surface area contributed by atoms with Gasteiger partial charge in [-0.3, -0.25) is 9.59 Å². The number of nitrogens with zero attached hydrogens (tertiary/aromatic N) is 11. The molecule has 0 spiro atoms. The Labute approximate surface area is 403 Å². The van der Waals surface area contributed by atoms with E-state index in [4.69, 9.17) is 49.9 Å². The number of piperidine rings is 2. The summed E-state index contributed by atoms with van der Waals surface area (Å²) in [6.45, 7) is 3.21. The van der Waals surface area contributed by atoms with Gasteiger partial charge < -0.3 is 47.5 Å². The number of carbonyl (C=O) groups is 2. The van der Waals surface area contributed by atoms with E-state index in [0.29, 0.717) is 70.6 Å². The molecule has 0 unspecified atom stereocenters. The van der Waals surface area contributed by atoms with E-state index in [9.17, 15) is 18.4 Å². The molecule has 25 heteroatoms. The standard InChI is InChI=1S/C20H20FN7O2.C11H8ClN3O.C9H13FN4O.C4H4ClN3/c21-15-11-23-20(27-18(15)22)30-14-6-8-28(9-7-14)17-10-16(24-12-25-17)26-19(29)13-4-2-1-3-5-13;12-9-6-10(14-7-13-9)15-11(16)8-4-2-1-3-5-8;10-7-5-13-9(14-8(7)11)15-6-1-3-12-4-2-6;5-3-1-4(6)8-2-7-3/h1-5,10-12,14H,6-9H2,(H2,22,23,27)(H,24,25,26,29);1-7H,(H,13,14,15,16);5-6,12H,1-4H2,(H2,11,13,14);1-2H,(H2,6,7,8). The second-order valence-corrected chi connectivity index (χ2v) is 15.3. The molecule has 2 aliphatic rings. The Morgan fingerprint density at radius 1 is 0.609 bits per heavy atom. The minimum absolute atomic E-state index is 0.0697. The van der Waals surface area contributed by atoms with Crippen molar-refractivity contribution in [3.8, 4) is 12.0 Å². The van der Waals surface area contributed by atoms with Crippen LogP contribution in [-0.2, 0) is 0 Å². The van der Waals surface area contributed by atoms with E-state index in [2.05, 4.69) is 70.7 Å². The summed E-state index contributed by atoms with van der Waals surface area (Å²) in [5.41, 5.74) is 17.1. The van der Waals surface area contributed by atoms with Crippen LogP contribution in [0.5, 0.6) is 12.0 Å². The van der Waals surface area contributed by atoms with E-state index < -0.39 is 11.6 Å². The zero-order chi connectivity index (χ0) is 49.0. The summed E-state index contributed by atoms with van der Waals surface area (Å²) in [7, 11) is 0. The molecule has 2 saturated heterocycles. The SMILES string of the molecule is Nc1cc(Cl)ncn1.Nc1nc(OC2CCN(c3cc(NC(=O)c4ccccc4)ncn3)CC2)ncc1F.Nc1nc(OC2CCNCC2)ncc1F.O=C(Nc1cc(Cl)ncn1)c1ccccc1. The van der Waals surface area contributed by atoms with E-state index in [1.165, 1.54) is 31.1 Å². The molecule has 358 valence electrons. The van der Waals surface area contributed by atoms with Crippen LogP contribution in [0.1, 0.15) is 46.4 Å². The van der Waals surface area contributed by atoms with Crippen molar-refractivity contribution in [1.29, 1.82) is 0 Å². The molecule has 0 radical (unpaired) electrons. The molecule has 9 N–H and O–H groups in total. The van der Waals surface area contributed by atoms with Gasteiger partial charge in [-0.1, -0.05) is 59.6 Å². The summed E-state index contributed by atoms with van der Waals surface area (Å²) in [6, 6.07) is 22.7. The van der Waals surface area contributed by atoms with Crippen molar-refractivity contribution in [2.45, 2.75) is 37.9 Å². The highest BCUT2D eigenvalue weighted by Gasteiger charge is 2.23. The third kappa shape index (κ3) is 16.7. The van der Waals surface area contributed by atoms with Gasteiger partial charge in [-0.2, -0.15) is 9.97 Å². The normalized spacial score (nSPS) is 13.4. The van der Waals surface area contributed by atoms with Crippen molar-refractivity contribution >= 4 is 69.9 Å². The van der Waals surface area contributed by atoms with Crippen LogP contribution in [0.2, 0.25) is 10.3 Å². The van der Waals surface area contributed by atoms with Crippen LogP contribution in [-0.4, -0.2) is 100 Å². The third-order valence-electron chi connectivity index (χ3n) is 9.59. The molecule has 21 nitrogen and oxygen atoms in total. The van der Waals surface area contributed by atoms with Crippen LogP contribution < -0.4 is 47.5 Å². The first-order valence-electron chi connectivity index (χ1n) is 21.0. The van der Waals surface area contributed by atoms with Crippen molar-refractivity contribution in [2.24, 2.45) is 0 Å². The smallest absolute Gasteiger partial charge is 0.318 e. The topological polar surface area (TPSA) is 299 Å². The molecule has 0 saturated carbocycles. The summed E-state index contributed by atoms with van der Waals surface area (Å²) in [5.74, 6) is -0.224. The first-order chi connectivity index (χ1) is 33.4. The first-order valence-corrected chi connectivity index (χ1v) is 21.7. The quantitative estimate of drug-likeness (QED) is 0.0944. The van der Waals surface area contributed by atoms with Gasteiger partial charge in [-0.25, -0.2) is 48.7 Å². The molecule has 7 aromatic rings. The highest BCUT2D eigenvalue weighted by molar-refractivity contribution is 6.29. The minimum Gasteiger partial charge on any atom is -0.460 e. The number of amides is 2. The van der Waals surface area contributed by atoms with Crippen molar-refractivity contribution in [3.63, 3.8) is 0 Å². The number of hydrogen-bond donors (Lipinski definition) is 6. The molecule has 2 aliphatic heterocycles. The Hall–Kier alpha value is -8.02. The fourth-order valence-corrected chi connectivity index (χ4v) is 6.45. The van der Waals surface area contributed by atoms with Gasteiger partial charge in [0.25, 0.3) is 11.8 Å². The Balaban J connectivity index is 0.000000169. The van der Waals surface area contributed by atoms with Gasteiger partial charge in [0.1, 0.15) is 64.8 Å². The largest absolute Gasteiger partial charge is 0.460 e. The lowest BCUT2D eigenvalue weighted by atomic mass is 10.1. The number of nitrogens with one attached hydrogen (secondary N) is 3. The molecule has 5 aromatic heterocycles. The fourth-order valence-electron chi connectivity index (χ4n) is 6.15. The number of benzene rings is 2. The van der Waals surface area contributed by atoms with Crippen LogP contribution in [0.15, 0.2) is 110 Å². The molecular weight excluding hydrogens is 940 g/mol. The van der Waals surface area contributed by atoms with E-state index >= 15 is 0 Å². The average Bonchev–Trinajstić information content (AvgIpc) is 3.36. The predicted molar refractivity (Wildman–Crippen MR) is 255 cm³/mol. The number of anilines is 6. The number of hydrogen-bond acceptors (Lipinski definition) is 19. The van der Waals surface area contributed by atoms with Crippen LogP contribution in [0.4, 0.5) is 43.7 Å². The van der Waals surface area contributed by atoms with Crippen LogP contribution in [0, 0.1) is 11.6 Å². The molecule has 2 fully saturated rings. The average molecular weight is 985 g/mol. The third-order valence-corrected chi connectivity index (χ3v) is 10.0. The second-order valence-electron chi connectivity index (χ2n) is 14.5. The first kappa shape index (κ1) is 50.4. The Bertz CT molecular complexity index is 2730. The van der Waals surface area contributed by atoms with Gasteiger partial charge in [0.15, 0.2) is 23.3 Å². The summed E-state index contributed by atoms with van der Waals surface area (Å²) in [4.78, 5) is 64.4. The number of nitrogen functional groups attached to an aromatic ring is 3. The molecule has 2 amide bonds. The second kappa shape index (κ2) is 25.8. The van der Waals surface area contributed by atoms with Crippen molar-refractivity contribution < 1.29 is 27.8 Å². The number of halogens is 4. The molecule has 7 heterocycles. The van der Waals surface area contributed by atoms with Gasteiger partial charge in [-0.05, 0) is 50.2 Å². The van der Waals surface area contributed by atoms with E-state index in [-0.39, 0.29) is 47.7 Å². The maximum absolute atomic E-state index is 13.2.